The van der Waals surface area contributed by atoms with Gasteiger partial charge in [0.1, 0.15) is 10.8 Å². The molecule has 0 saturated heterocycles. The Morgan fingerprint density at radius 1 is 1.32 bits per heavy atom. The lowest BCUT2D eigenvalue weighted by molar-refractivity contribution is 0.371. The molecule has 1 heterocycles. The van der Waals surface area contributed by atoms with E-state index in [0.717, 1.165) is 29.2 Å². The van der Waals surface area contributed by atoms with Crippen LogP contribution in [0.25, 0.3) is 0 Å². The van der Waals surface area contributed by atoms with Crippen LogP contribution in [-0.2, 0) is 12.0 Å². The molecule has 0 amide bonds. The Morgan fingerprint density at radius 2 is 2.00 bits per heavy atom. The predicted molar refractivity (Wildman–Crippen MR) is 78.0 cm³/mol. The number of benzene rings is 1. The molecule has 1 unspecified atom stereocenters. The molecule has 0 saturated carbocycles. The molecule has 0 radical (unpaired) electrons. The van der Waals surface area contributed by atoms with Crippen LogP contribution in [-0.4, -0.2) is 11.5 Å². The van der Waals surface area contributed by atoms with Crippen molar-refractivity contribution in [2.45, 2.75) is 32.7 Å². The topological polar surface area (TPSA) is 24.9 Å². The molecule has 0 fully saturated rings. The fraction of sp³-hybridized carbons (Fsp3) is 0.400. The van der Waals surface area contributed by atoms with Crippen molar-refractivity contribution in [3.8, 4) is 0 Å². The fourth-order valence-corrected chi connectivity index (χ4v) is 3.16. The molecule has 0 bridgehead atoms. The lowest BCUT2D eigenvalue weighted by Gasteiger charge is -2.28. The van der Waals surface area contributed by atoms with Crippen LogP contribution in [0, 0.1) is 12.7 Å². The van der Waals surface area contributed by atoms with Crippen molar-refractivity contribution in [3.63, 3.8) is 0 Å². The normalized spacial score (nSPS) is 14.3. The van der Waals surface area contributed by atoms with E-state index < -0.39 is 0 Å². The Labute approximate surface area is 117 Å². The number of aryl methyl sites for hydroxylation is 1. The van der Waals surface area contributed by atoms with Gasteiger partial charge in [-0.15, -0.1) is 11.3 Å². The van der Waals surface area contributed by atoms with Gasteiger partial charge in [-0.05, 0) is 44.5 Å². The van der Waals surface area contributed by atoms with E-state index in [-0.39, 0.29) is 11.4 Å². The van der Waals surface area contributed by atoms with Crippen molar-refractivity contribution in [3.05, 3.63) is 51.7 Å². The summed E-state index contributed by atoms with van der Waals surface area (Å²) in [6, 6.07) is 6.69. The van der Waals surface area contributed by atoms with Crippen molar-refractivity contribution >= 4 is 11.3 Å². The maximum Gasteiger partial charge on any atom is 0.123 e. The Hall–Kier alpha value is -1.26. The van der Waals surface area contributed by atoms with Gasteiger partial charge in [-0.1, -0.05) is 19.1 Å². The smallest absolute Gasteiger partial charge is 0.123 e. The summed E-state index contributed by atoms with van der Waals surface area (Å²) >= 11 is 1.67. The molecule has 19 heavy (non-hydrogen) atoms. The van der Waals surface area contributed by atoms with Gasteiger partial charge in [0.25, 0.3) is 0 Å². The van der Waals surface area contributed by atoms with Crippen molar-refractivity contribution in [2.24, 2.45) is 0 Å². The zero-order chi connectivity index (χ0) is 13.9. The summed E-state index contributed by atoms with van der Waals surface area (Å²) in [5.74, 6) is -0.195. The molecule has 0 aliphatic carbocycles. The van der Waals surface area contributed by atoms with Crippen molar-refractivity contribution < 1.29 is 4.39 Å². The van der Waals surface area contributed by atoms with E-state index in [2.05, 4.69) is 29.5 Å². The highest BCUT2D eigenvalue weighted by Gasteiger charge is 2.29. The number of halogens is 1. The zero-order valence-corrected chi connectivity index (χ0v) is 12.4. The van der Waals surface area contributed by atoms with Gasteiger partial charge in [0.2, 0.25) is 0 Å². The average molecular weight is 278 g/mol. The molecule has 1 atom stereocenters. The lowest BCUT2D eigenvalue weighted by Crippen LogP contribution is -2.41. The Balaban J connectivity index is 2.26. The van der Waals surface area contributed by atoms with Gasteiger partial charge in [-0.25, -0.2) is 9.37 Å². The molecule has 2 aromatic rings. The van der Waals surface area contributed by atoms with E-state index in [1.807, 2.05) is 19.1 Å². The van der Waals surface area contributed by atoms with Crippen LogP contribution in [0.3, 0.4) is 0 Å². The van der Waals surface area contributed by atoms with Gasteiger partial charge in [-0.2, -0.15) is 0 Å². The molecule has 2 rings (SSSR count). The first-order valence-corrected chi connectivity index (χ1v) is 7.33. The molecule has 1 aromatic carbocycles. The summed E-state index contributed by atoms with van der Waals surface area (Å²) in [6.07, 6.45) is 0.800. The average Bonchev–Trinajstić information content (AvgIpc) is 2.80. The second kappa shape index (κ2) is 5.80. The molecule has 102 valence electrons. The van der Waals surface area contributed by atoms with E-state index in [9.17, 15) is 4.39 Å². The number of rotatable bonds is 5. The Bertz CT molecular complexity index is 535. The molecule has 0 spiro atoms. The number of aromatic nitrogens is 1. The number of likely N-dealkylation sites (N-methyl/N-ethyl adjacent to an activating group) is 1. The first kappa shape index (κ1) is 14.2. The van der Waals surface area contributed by atoms with Gasteiger partial charge < -0.3 is 5.32 Å². The van der Waals surface area contributed by atoms with Gasteiger partial charge in [-0.3, -0.25) is 0 Å². The second-order valence-corrected chi connectivity index (χ2v) is 5.82. The third-order valence-electron chi connectivity index (χ3n) is 3.13. The van der Waals surface area contributed by atoms with Crippen LogP contribution >= 0.6 is 11.3 Å². The summed E-state index contributed by atoms with van der Waals surface area (Å²) < 4.78 is 13.0. The Morgan fingerprint density at radius 3 is 2.53 bits per heavy atom. The second-order valence-electron chi connectivity index (χ2n) is 4.96. The van der Waals surface area contributed by atoms with Gasteiger partial charge in [0, 0.05) is 11.1 Å². The maximum absolute atomic E-state index is 13.0. The third-order valence-corrected chi connectivity index (χ3v) is 4.35. The van der Waals surface area contributed by atoms with Crippen LogP contribution < -0.4 is 5.32 Å². The fourth-order valence-electron chi connectivity index (χ4n) is 2.22. The standard InChI is InChI=1S/C15H19FN2S/c1-4-17-15(3,14-18-11(2)10-19-14)9-12-5-7-13(16)8-6-12/h5-8,10,17H,4,9H2,1-3H3. The van der Waals surface area contributed by atoms with Crippen LogP contribution in [0.2, 0.25) is 0 Å². The molecule has 2 nitrogen and oxygen atoms in total. The van der Waals surface area contributed by atoms with Crippen molar-refractivity contribution in [2.75, 3.05) is 6.54 Å². The minimum absolute atomic E-state index is 0.195. The lowest BCUT2D eigenvalue weighted by atomic mass is 9.93. The third kappa shape index (κ3) is 3.39. The number of nitrogens with one attached hydrogen (secondary N) is 1. The van der Waals surface area contributed by atoms with Crippen LogP contribution in [0.1, 0.15) is 30.1 Å². The van der Waals surface area contributed by atoms with Crippen molar-refractivity contribution in [1.82, 2.24) is 10.3 Å². The molecule has 1 aromatic heterocycles. The van der Waals surface area contributed by atoms with Crippen LogP contribution in [0.4, 0.5) is 4.39 Å². The highest BCUT2D eigenvalue weighted by atomic mass is 32.1. The largest absolute Gasteiger partial charge is 0.306 e. The summed E-state index contributed by atoms with van der Waals surface area (Å²) in [7, 11) is 0. The van der Waals surface area contributed by atoms with Crippen molar-refractivity contribution in [1.29, 1.82) is 0 Å². The monoisotopic (exact) mass is 278 g/mol. The molecule has 1 N–H and O–H groups in total. The summed E-state index contributed by atoms with van der Waals surface area (Å²) in [6.45, 7) is 7.11. The van der Waals surface area contributed by atoms with E-state index in [1.165, 1.54) is 12.1 Å². The first-order chi connectivity index (χ1) is 9.03. The molecule has 0 aliphatic heterocycles. The van der Waals surface area contributed by atoms with E-state index in [4.69, 9.17) is 0 Å². The molecular weight excluding hydrogens is 259 g/mol. The van der Waals surface area contributed by atoms with E-state index >= 15 is 0 Å². The van der Waals surface area contributed by atoms with Crippen LogP contribution in [0.5, 0.6) is 0 Å². The van der Waals surface area contributed by atoms with Gasteiger partial charge in [0.15, 0.2) is 0 Å². The highest BCUT2D eigenvalue weighted by Crippen LogP contribution is 2.28. The number of hydrogen-bond acceptors (Lipinski definition) is 3. The SMILES string of the molecule is CCNC(C)(Cc1ccc(F)cc1)c1nc(C)cs1. The van der Waals surface area contributed by atoms with Crippen LogP contribution in [0.15, 0.2) is 29.6 Å². The number of hydrogen-bond donors (Lipinski definition) is 1. The minimum atomic E-state index is -0.203. The summed E-state index contributed by atoms with van der Waals surface area (Å²) in [5.41, 5.74) is 1.95. The summed E-state index contributed by atoms with van der Waals surface area (Å²) in [4.78, 5) is 4.60. The zero-order valence-electron chi connectivity index (χ0n) is 11.5. The first-order valence-electron chi connectivity index (χ1n) is 6.45. The number of thiazole rings is 1. The number of nitrogens with zero attached hydrogens (tertiary/aromatic N) is 1. The quantitative estimate of drug-likeness (QED) is 0.903. The van der Waals surface area contributed by atoms with Gasteiger partial charge >= 0.3 is 0 Å². The van der Waals surface area contributed by atoms with Gasteiger partial charge in [0.05, 0.1) is 5.54 Å². The molecule has 0 aliphatic rings. The summed E-state index contributed by atoms with van der Waals surface area (Å²) in [5, 5.41) is 6.65. The highest BCUT2D eigenvalue weighted by molar-refractivity contribution is 7.09. The minimum Gasteiger partial charge on any atom is -0.306 e. The van der Waals surface area contributed by atoms with E-state index in [0.29, 0.717) is 0 Å². The molecule has 4 heteroatoms. The van der Waals surface area contributed by atoms with E-state index in [1.54, 1.807) is 11.3 Å². The Kier molecular flexibility index (Phi) is 4.32. The maximum atomic E-state index is 13.0. The predicted octanol–water partition coefficient (Wildman–Crippen LogP) is 3.66. The molecular formula is C15H19FN2S.